The van der Waals surface area contributed by atoms with Gasteiger partial charge in [-0.1, -0.05) is 41.9 Å². The monoisotopic (exact) mass is 366 g/mol. The number of oxime groups is 2. The number of rotatable bonds is 8. The predicted molar refractivity (Wildman–Crippen MR) is 90.6 cm³/mol. The molecule has 0 unspecified atom stereocenters. The summed E-state index contributed by atoms with van der Waals surface area (Å²) < 4.78 is 32.0. The largest absolute Gasteiger partial charge is 0.328 e. The number of hydrogen-bond acceptors (Lipinski definition) is 9. The first kappa shape index (κ1) is 19.5. The Kier molecular flexibility index (Phi) is 7.75. The lowest BCUT2D eigenvalue weighted by Gasteiger charge is -2.03. The van der Waals surface area contributed by atoms with E-state index in [-0.39, 0.29) is 22.7 Å². The molecule has 1 aromatic rings. The van der Waals surface area contributed by atoms with Crippen molar-refractivity contribution in [1.29, 1.82) is 10.5 Å². The highest BCUT2D eigenvalue weighted by molar-refractivity contribution is 7.86. The van der Waals surface area contributed by atoms with Crippen LogP contribution in [0.1, 0.15) is 30.9 Å². The number of benzene rings is 1. The van der Waals surface area contributed by atoms with E-state index in [0.29, 0.717) is 18.4 Å². The van der Waals surface area contributed by atoms with Crippen molar-refractivity contribution in [2.75, 3.05) is 5.75 Å². The molecule has 0 amide bonds. The molecule has 0 fully saturated rings. The van der Waals surface area contributed by atoms with Crippen molar-refractivity contribution in [2.24, 2.45) is 10.3 Å². The van der Waals surface area contributed by atoms with Crippen LogP contribution in [0.4, 0.5) is 0 Å². The Morgan fingerprint density at radius 3 is 2.29 bits per heavy atom. The number of nitrogens with zero attached hydrogens (tertiary/aromatic N) is 4. The summed E-state index contributed by atoms with van der Waals surface area (Å²) in [6.07, 6.45) is 1.11. The maximum Gasteiger partial charge on any atom is 0.328 e. The minimum Gasteiger partial charge on any atom is -0.324 e. The van der Waals surface area contributed by atoms with Gasteiger partial charge >= 0.3 is 10.1 Å². The Bertz CT molecular complexity index is 820. The molecule has 8 nitrogen and oxygen atoms in total. The SMILES string of the molecule is CCCCS(=O)(=O)ON=C(C#N)c1cccc(C(C#N)=NOS)c1. The summed E-state index contributed by atoms with van der Waals surface area (Å²) in [6, 6.07) is 9.62. The molecule has 10 heteroatoms. The Morgan fingerprint density at radius 2 is 1.79 bits per heavy atom. The smallest absolute Gasteiger partial charge is 0.324 e. The van der Waals surface area contributed by atoms with Crippen molar-refractivity contribution < 1.29 is 17.0 Å². The zero-order chi connectivity index (χ0) is 18.0. The third-order valence-corrected chi connectivity index (χ3v) is 3.92. The molecule has 0 atom stereocenters. The highest BCUT2D eigenvalue weighted by atomic mass is 32.2. The molecule has 0 radical (unpaired) electrons. The molecular weight excluding hydrogens is 352 g/mol. The van der Waals surface area contributed by atoms with E-state index in [2.05, 4.69) is 31.8 Å². The Labute approximate surface area is 145 Å². The molecule has 0 aliphatic rings. The van der Waals surface area contributed by atoms with Crippen LogP contribution in [0.3, 0.4) is 0 Å². The van der Waals surface area contributed by atoms with Crippen LogP contribution in [0.25, 0.3) is 0 Å². The molecule has 126 valence electrons. The maximum absolute atomic E-state index is 11.6. The van der Waals surface area contributed by atoms with Gasteiger partial charge in [0.1, 0.15) is 12.1 Å². The van der Waals surface area contributed by atoms with Crippen LogP contribution in [-0.2, 0) is 18.7 Å². The van der Waals surface area contributed by atoms with Gasteiger partial charge in [0.2, 0.25) is 0 Å². The lowest BCUT2D eigenvalue weighted by atomic mass is 10.0. The van der Waals surface area contributed by atoms with Gasteiger partial charge in [-0.15, -0.1) is 0 Å². The number of thiol groups is 1. The number of hydrogen-bond donors (Lipinski definition) is 1. The van der Waals surface area contributed by atoms with E-state index in [1.165, 1.54) is 12.1 Å². The van der Waals surface area contributed by atoms with E-state index >= 15 is 0 Å². The van der Waals surface area contributed by atoms with Gasteiger partial charge in [0, 0.05) is 11.1 Å². The van der Waals surface area contributed by atoms with Crippen LogP contribution in [0, 0.1) is 22.7 Å². The van der Waals surface area contributed by atoms with E-state index in [1.54, 1.807) is 18.2 Å². The molecule has 0 aliphatic heterocycles. The van der Waals surface area contributed by atoms with Crippen LogP contribution in [0.15, 0.2) is 34.6 Å². The minimum absolute atomic E-state index is 0.0689. The second-order valence-electron chi connectivity index (χ2n) is 4.46. The van der Waals surface area contributed by atoms with E-state index in [0.717, 1.165) is 0 Å². The Morgan fingerprint density at radius 1 is 1.21 bits per heavy atom. The summed E-state index contributed by atoms with van der Waals surface area (Å²) in [5.41, 5.74) is 0.297. The molecule has 0 spiro atoms. The molecule has 0 heterocycles. The first-order valence-corrected chi connectivity index (χ1v) is 8.70. The normalized spacial score (nSPS) is 12.2. The van der Waals surface area contributed by atoms with Crippen molar-refractivity contribution >= 4 is 34.5 Å². The van der Waals surface area contributed by atoms with Crippen LogP contribution in [0.5, 0.6) is 0 Å². The standard InChI is InChI=1S/C14H14N4O4S2/c1-2-3-7-24(19,20)22-18-14(10-16)12-6-4-5-11(8-12)13(9-15)17-21-23/h4-6,8,23H,2-3,7H2,1H3. The zero-order valence-electron chi connectivity index (χ0n) is 12.7. The van der Waals surface area contributed by atoms with Gasteiger partial charge in [-0.3, -0.25) is 4.28 Å². The van der Waals surface area contributed by atoms with E-state index in [4.69, 9.17) is 10.5 Å². The fourth-order valence-corrected chi connectivity index (χ4v) is 2.57. The van der Waals surface area contributed by atoms with Crippen molar-refractivity contribution in [2.45, 2.75) is 19.8 Å². The summed E-state index contributed by atoms with van der Waals surface area (Å²) >= 11 is 3.44. The predicted octanol–water partition coefficient (Wildman–Crippen LogP) is 2.15. The third-order valence-electron chi connectivity index (χ3n) is 2.74. The molecule has 0 saturated heterocycles. The maximum atomic E-state index is 11.6. The molecule has 0 saturated carbocycles. The third kappa shape index (κ3) is 5.91. The van der Waals surface area contributed by atoms with E-state index in [9.17, 15) is 8.42 Å². The summed E-state index contributed by atoms with van der Waals surface area (Å²) in [6.45, 7) is 1.84. The first-order chi connectivity index (χ1) is 11.5. The summed E-state index contributed by atoms with van der Waals surface area (Å²) in [4.78, 5) is 0. The van der Waals surface area contributed by atoms with Crippen LogP contribution >= 0.6 is 12.9 Å². The van der Waals surface area contributed by atoms with Crippen molar-refractivity contribution in [3.05, 3.63) is 35.4 Å². The van der Waals surface area contributed by atoms with Gasteiger partial charge in [-0.05, 0) is 12.5 Å². The minimum atomic E-state index is -3.84. The summed E-state index contributed by atoms with van der Waals surface area (Å²) in [5.74, 6) is -0.184. The number of nitriles is 2. The average Bonchev–Trinajstić information content (AvgIpc) is 2.58. The fourth-order valence-electron chi connectivity index (χ4n) is 1.58. The van der Waals surface area contributed by atoms with Crippen LogP contribution in [0.2, 0.25) is 0 Å². The second-order valence-corrected chi connectivity index (χ2v) is 6.29. The molecular formula is C14H14N4O4S2. The molecule has 0 aliphatic carbocycles. The first-order valence-electron chi connectivity index (χ1n) is 6.76. The summed E-state index contributed by atoms with van der Waals surface area (Å²) in [5, 5.41) is 25.0. The van der Waals surface area contributed by atoms with Gasteiger partial charge in [0.15, 0.2) is 11.4 Å². The lowest BCUT2D eigenvalue weighted by Crippen LogP contribution is -2.09. The van der Waals surface area contributed by atoms with Gasteiger partial charge < -0.3 is 4.28 Å². The van der Waals surface area contributed by atoms with Crippen LogP contribution in [-0.4, -0.2) is 25.6 Å². The van der Waals surface area contributed by atoms with Gasteiger partial charge in [-0.25, -0.2) is 0 Å². The number of unbranched alkanes of at least 4 members (excludes halogenated alkanes) is 1. The van der Waals surface area contributed by atoms with Gasteiger partial charge in [0.05, 0.1) is 18.7 Å². The van der Waals surface area contributed by atoms with Crippen LogP contribution < -0.4 is 0 Å². The fraction of sp³-hybridized carbons (Fsp3) is 0.286. The molecule has 0 N–H and O–H groups in total. The Hall–Kier alpha value is -2.56. The summed E-state index contributed by atoms with van der Waals surface area (Å²) in [7, 11) is -3.84. The molecule has 0 bridgehead atoms. The van der Waals surface area contributed by atoms with Gasteiger partial charge in [0.25, 0.3) is 0 Å². The van der Waals surface area contributed by atoms with Crippen molar-refractivity contribution in [3.63, 3.8) is 0 Å². The van der Waals surface area contributed by atoms with E-state index < -0.39 is 10.1 Å². The Balaban J connectivity index is 3.10. The topological polar surface area (TPSA) is 125 Å². The highest BCUT2D eigenvalue weighted by Gasteiger charge is 2.13. The van der Waals surface area contributed by atoms with E-state index in [1.807, 2.05) is 13.0 Å². The quantitative estimate of drug-likeness (QED) is 0.325. The average molecular weight is 366 g/mol. The zero-order valence-corrected chi connectivity index (χ0v) is 14.4. The van der Waals surface area contributed by atoms with Gasteiger partial charge in [-0.2, -0.15) is 18.9 Å². The van der Waals surface area contributed by atoms with Crippen molar-refractivity contribution in [3.8, 4) is 12.1 Å². The molecule has 24 heavy (non-hydrogen) atoms. The lowest BCUT2D eigenvalue weighted by molar-refractivity contribution is 0.339. The molecule has 1 rings (SSSR count). The molecule has 0 aromatic heterocycles. The highest BCUT2D eigenvalue weighted by Crippen LogP contribution is 2.10. The molecule has 1 aromatic carbocycles. The second kappa shape index (κ2) is 9.55. The van der Waals surface area contributed by atoms with Crippen molar-refractivity contribution in [1.82, 2.24) is 0 Å².